The van der Waals surface area contributed by atoms with Crippen LogP contribution in [-0.4, -0.2) is 5.78 Å². The summed E-state index contributed by atoms with van der Waals surface area (Å²) in [5, 5.41) is 0. The summed E-state index contributed by atoms with van der Waals surface area (Å²) in [6.07, 6.45) is 3.24. The molecular weight excluding hydrogens is 160 g/mol. The van der Waals surface area contributed by atoms with Crippen LogP contribution in [0, 0.1) is 5.92 Å². The maximum Gasteiger partial charge on any atom is 0.165 e. The van der Waals surface area contributed by atoms with Crippen LogP contribution in [0.4, 0.5) is 0 Å². The van der Waals surface area contributed by atoms with E-state index in [0.29, 0.717) is 5.78 Å². The fraction of sp³-hybridized carbons (Fsp3) is 0.417. The Kier molecular flexibility index (Phi) is 2.17. The van der Waals surface area contributed by atoms with Gasteiger partial charge in [0.1, 0.15) is 0 Å². The van der Waals surface area contributed by atoms with Crippen molar-refractivity contribution in [2.45, 2.75) is 26.2 Å². The molecule has 68 valence electrons. The predicted octanol–water partition coefficient (Wildman–Crippen LogP) is 2.84. The topological polar surface area (TPSA) is 17.1 Å². The number of hydrogen-bond acceptors (Lipinski definition) is 1. The smallest absolute Gasteiger partial charge is 0.165 e. The van der Waals surface area contributed by atoms with E-state index in [-0.39, 0.29) is 5.92 Å². The highest BCUT2D eigenvalue weighted by Crippen LogP contribution is 2.23. The third-order valence-corrected chi connectivity index (χ3v) is 2.81. The van der Waals surface area contributed by atoms with Gasteiger partial charge in [-0.2, -0.15) is 0 Å². The second-order valence-corrected chi connectivity index (χ2v) is 3.81. The van der Waals surface area contributed by atoms with Crippen LogP contribution < -0.4 is 0 Å². The van der Waals surface area contributed by atoms with E-state index in [1.165, 1.54) is 5.56 Å². The number of rotatable bonds is 0. The summed E-state index contributed by atoms with van der Waals surface area (Å²) in [5.41, 5.74) is 2.18. The number of carbonyl (C=O) groups is 1. The SMILES string of the molecule is CC1CCCc2ccccc2C1=O. The van der Waals surface area contributed by atoms with E-state index in [4.69, 9.17) is 0 Å². The zero-order valence-corrected chi connectivity index (χ0v) is 7.92. The molecule has 0 spiro atoms. The van der Waals surface area contributed by atoms with Crippen molar-refractivity contribution < 1.29 is 4.79 Å². The average Bonchev–Trinajstić information content (AvgIpc) is 2.29. The third-order valence-electron chi connectivity index (χ3n) is 2.81. The van der Waals surface area contributed by atoms with E-state index < -0.39 is 0 Å². The minimum Gasteiger partial charge on any atom is -0.294 e. The molecule has 0 saturated heterocycles. The van der Waals surface area contributed by atoms with Crippen LogP contribution in [0.1, 0.15) is 35.7 Å². The van der Waals surface area contributed by atoms with Crippen LogP contribution in [0.25, 0.3) is 0 Å². The molecule has 0 N–H and O–H groups in total. The maximum absolute atomic E-state index is 11.8. The van der Waals surface area contributed by atoms with E-state index >= 15 is 0 Å². The molecule has 1 heteroatoms. The molecule has 1 unspecified atom stereocenters. The molecule has 0 aliphatic heterocycles. The Hall–Kier alpha value is -1.11. The van der Waals surface area contributed by atoms with Crippen molar-refractivity contribution in [2.24, 2.45) is 5.92 Å². The fourth-order valence-electron chi connectivity index (χ4n) is 1.97. The zero-order valence-electron chi connectivity index (χ0n) is 7.92. The number of carbonyl (C=O) groups excluding carboxylic acids is 1. The van der Waals surface area contributed by atoms with Crippen LogP contribution in [-0.2, 0) is 6.42 Å². The van der Waals surface area contributed by atoms with Crippen molar-refractivity contribution in [3.8, 4) is 0 Å². The van der Waals surface area contributed by atoms with Gasteiger partial charge >= 0.3 is 0 Å². The fourth-order valence-corrected chi connectivity index (χ4v) is 1.97. The molecule has 0 radical (unpaired) electrons. The minimum absolute atomic E-state index is 0.212. The molecule has 0 saturated carbocycles. The lowest BCUT2D eigenvalue weighted by molar-refractivity contribution is 0.0927. The van der Waals surface area contributed by atoms with Crippen molar-refractivity contribution in [1.82, 2.24) is 0 Å². The number of ketones is 1. The number of aryl methyl sites for hydroxylation is 1. The van der Waals surface area contributed by atoms with Gasteiger partial charge in [-0.15, -0.1) is 0 Å². The van der Waals surface area contributed by atoms with E-state index in [9.17, 15) is 4.79 Å². The maximum atomic E-state index is 11.8. The first-order valence-electron chi connectivity index (χ1n) is 4.91. The molecule has 1 aliphatic rings. The van der Waals surface area contributed by atoms with Crippen molar-refractivity contribution in [2.75, 3.05) is 0 Å². The molecule has 2 rings (SSSR count). The highest BCUT2D eigenvalue weighted by atomic mass is 16.1. The summed E-state index contributed by atoms with van der Waals surface area (Å²) in [6, 6.07) is 8.00. The molecule has 1 aliphatic carbocycles. The molecule has 0 fully saturated rings. The largest absolute Gasteiger partial charge is 0.294 e. The van der Waals surface area contributed by atoms with Crippen molar-refractivity contribution in [1.29, 1.82) is 0 Å². The summed E-state index contributed by atoms with van der Waals surface area (Å²) < 4.78 is 0. The van der Waals surface area contributed by atoms with Gasteiger partial charge in [0.15, 0.2) is 5.78 Å². The molecule has 1 aromatic carbocycles. The highest BCUT2D eigenvalue weighted by molar-refractivity contribution is 5.99. The van der Waals surface area contributed by atoms with E-state index in [1.807, 2.05) is 25.1 Å². The van der Waals surface area contributed by atoms with E-state index in [0.717, 1.165) is 24.8 Å². The van der Waals surface area contributed by atoms with Crippen molar-refractivity contribution in [3.05, 3.63) is 35.4 Å². The van der Waals surface area contributed by atoms with Gasteiger partial charge in [0, 0.05) is 11.5 Å². The van der Waals surface area contributed by atoms with E-state index in [2.05, 4.69) is 6.07 Å². The van der Waals surface area contributed by atoms with Crippen molar-refractivity contribution >= 4 is 5.78 Å². The monoisotopic (exact) mass is 174 g/mol. The van der Waals surface area contributed by atoms with E-state index in [1.54, 1.807) is 0 Å². The number of fused-ring (bicyclic) bond motifs is 1. The lowest BCUT2D eigenvalue weighted by Crippen LogP contribution is -2.09. The molecule has 0 aromatic heterocycles. The van der Waals surface area contributed by atoms with Crippen LogP contribution in [0.15, 0.2) is 24.3 Å². The Labute approximate surface area is 78.8 Å². The molecular formula is C12H14O. The number of benzene rings is 1. The summed E-state index contributed by atoms with van der Waals surface area (Å²) in [7, 11) is 0. The quantitative estimate of drug-likeness (QED) is 0.553. The molecule has 0 amide bonds. The molecule has 0 heterocycles. The van der Waals surface area contributed by atoms with Crippen LogP contribution in [0.3, 0.4) is 0 Å². The lowest BCUT2D eigenvalue weighted by Gasteiger charge is -2.06. The van der Waals surface area contributed by atoms with Gasteiger partial charge in [-0.05, 0) is 24.8 Å². The number of Topliss-reactive ketones (excluding diaryl/α,β-unsaturated/α-hetero) is 1. The molecule has 0 bridgehead atoms. The van der Waals surface area contributed by atoms with Gasteiger partial charge in [0.05, 0.1) is 0 Å². The Morgan fingerprint density at radius 3 is 2.92 bits per heavy atom. The van der Waals surface area contributed by atoms with Gasteiger partial charge in [-0.3, -0.25) is 4.79 Å². The van der Waals surface area contributed by atoms with Crippen molar-refractivity contribution in [3.63, 3.8) is 0 Å². The summed E-state index contributed by atoms with van der Waals surface area (Å²) in [4.78, 5) is 11.8. The number of hydrogen-bond donors (Lipinski definition) is 0. The summed E-state index contributed by atoms with van der Waals surface area (Å²) >= 11 is 0. The second kappa shape index (κ2) is 3.33. The van der Waals surface area contributed by atoms with Crippen LogP contribution in [0.5, 0.6) is 0 Å². The van der Waals surface area contributed by atoms with Gasteiger partial charge in [0.2, 0.25) is 0 Å². The Bertz CT molecular complexity index is 328. The second-order valence-electron chi connectivity index (χ2n) is 3.81. The normalized spacial score (nSPS) is 22.2. The van der Waals surface area contributed by atoms with Gasteiger partial charge in [0.25, 0.3) is 0 Å². The minimum atomic E-state index is 0.212. The van der Waals surface area contributed by atoms with Gasteiger partial charge in [-0.25, -0.2) is 0 Å². The van der Waals surface area contributed by atoms with Crippen LogP contribution >= 0.6 is 0 Å². The molecule has 1 nitrogen and oxygen atoms in total. The third kappa shape index (κ3) is 1.51. The van der Waals surface area contributed by atoms with Gasteiger partial charge in [-0.1, -0.05) is 31.2 Å². The Morgan fingerprint density at radius 2 is 2.08 bits per heavy atom. The Balaban J connectivity index is 2.46. The summed E-state index contributed by atoms with van der Waals surface area (Å²) in [5.74, 6) is 0.539. The molecule has 1 atom stereocenters. The lowest BCUT2D eigenvalue weighted by atomic mass is 9.97. The predicted molar refractivity (Wildman–Crippen MR) is 52.9 cm³/mol. The first-order valence-corrected chi connectivity index (χ1v) is 4.91. The highest BCUT2D eigenvalue weighted by Gasteiger charge is 2.20. The average molecular weight is 174 g/mol. The first kappa shape index (κ1) is 8.49. The first-order chi connectivity index (χ1) is 6.29. The standard InChI is InChI=1S/C12H14O/c1-9-5-4-7-10-6-2-3-8-11(10)12(9)13/h2-3,6,8-9H,4-5,7H2,1H3. The Morgan fingerprint density at radius 1 is 1.31 bits per heavy atom. The zero-order chi connectivity index (χ0) is 9.26. The van der Waals surface area contributed by atoms with Crippen LogP contribution in [0.2, 0.25) is 0 Å². The summed E-state index contributed by atoms with van der Waals surface area (Å²) in [6.45, 7) is 2.03. The van der Waals surface area contributed by atoms with Gasteiger partial charge < -0.3 is 0 Å². The molecule has 13 heavy (non-hydrogen) atoms. The molecule has 1 aromatic rings.